The van der Waals surface area contributed by atoms with Gasteiger partial charge in [-0.3, -0.25) is 4.79 Å². The van der Waals surface area contributed by atoms with Crippen LogP contribution in [0.3, 0.4) is 0 Å². The third-order valence-corrected chi connectivity index (χ3v) is 3.80. The summed E-state index contributed by atoms with van der Waals surface area (Å²) in [4.78, 5) is 14.2. The Morgan fingerprint density at radius 3 is 2.24 bits per heavy atom. The third kappa shape index (κ3) is 5.53. The Bertz CT molecular complexity index is 230. The lowest BCUT2D eigenvalue weighted by molar-refractivity contribution is -0.131. The van der Waals surface area contributed by atoms with Gasteiger partial charge in [-0.1, -0.05) is 26.7 Å². The Morgan fingerprint density at radius 2 is 1.71 bits per heavy atom. The van der Waals surface area contributed by atoms with Crippen LogP contribution in [0.25, 0.3) is 0 Å². The molecule has 0 aromatic rings. The normalized spacial score (nSPS) is 17.9. The van der Waals surface area contributed by atoms with Crippen LogP contribution in [0.1, 0.15) is 58.8 Å². The molecule has 0 bridgehead atoms. The first kappa shape index (κ1) is 14.5. The van der Waals surface area contributed by atoms with Crippen LogP contribution in [0.15, 0.2) is 0 Å². The summed E-state index contributed by atoms with van der Waals surface area (Å²) in [7, 11) is 0. The van der Waals surface area contributed by atoms with Crippen molar-refractivity contribution in [2.75, 3.05) is 19.6 Å². The van der Waals surface area contributed by atoms with E-state index in [1.165, 1.54) is 25.7 Å². The van der Waals surface area contributed by atoms with Crippen LogP contribution in [0.2, 0.25) is 0 Å². The van der Waals surface area contributed by atoms with E-state index in [1.54, 1.807) is 0 Å². The molecule has 1 aliphatic heterocycles. The lowest BCUT2D eigenvalue weighted by Gasteiger charge is -2.26. The molecule has 1 amide bonds. The molecule has 0 radical (unpaired) electrons. The highest BCUT2D eigenvalue weighted by Crippen LogP contribution is 2.26. The maximum absolute atomic E-state index is 12.1. The molecule has 3 nitrogen and oxygen atoms in total. The van der Waals surface area contributed by atoms with Gasteiger partial charge in [-0.05, 0) is 37.6 Å². The van der Waals surface area contributed by atoms with Crippen molar-refractivity contribution in [1.29, 1.82) is 0 Å². The van der Waals surface area contributed by atoms with E-state index >= 15 is 0 Å². The van der Waals surface area contributed by atoms with Crippen LogP contribution in [0.4, 0.5) is 0 Å². The average Bonchev–Trinajstić information content (AvgIpc) is 2.54. The molecule has 0 atom stereocenters. The maximum Gasteiger partial charge on any atom is 0.222 e. The highest BCUT2D eigenvalue weighted by Gasteiger charge is 2.21. The lowest BCUT2D eigenvalue weighted by atomic mass is 9.84. The summed E-state index contributed by atoms with van der Waals surface area (Å²) in [5.74, 6) is 0.344. The number of nitrogens with zero attached hydrogens (tertiary/aromatic N) is 1. The van der Waals surface area contributed by atoms with Crippen molar-refractivity contribution in [2.45, 2.75) is 58.8 Å². The summed E-state index contributed by atoms with van der Waals surface area (Å²) in [6, 6.07) is 0. The largest absolute Gasteiger partial charge is 0.343 e. The number of amides is 1. The van der Waals surface area contributed by atoms with Gasteiger partial charge in [-0.15, -0.1) is 0 Å². The summed E-state index contributed by atoms with van der Waals surface area (Å²) in [5, 5.41) is 0. The highest BCUT2D eigenvalue weighted by atomic mass is 16.2. The predicted octanol–water partition coefficient (Wildman–Crippen LogP) is 2.54. The number of hydrogen-bond acceptors (Lipinski definition) is 2. The molecule has 1 saturated heterocycles. The van der Waals surface area contributed by atoms with Gasteiger partial charge in [0.15, 0.2) is 0 Å². The van der Waals surface area contributed by atoms with Gasteiger partial charge in [-0.25, -0.2) is 0 Å². The summed E-state index contributed by atoms with van der Waals surface area (Å²) in [5.41, 5.74) is 5.79. The summed E-state index contributed by atoms with van der Waals surface area (Å²) in [6.45, 7) is 7.06. The molecule has 0 aromatic heterocycles. The summed E-state index contributed by atoms with van der Waals surface area (Å²) in [6.07, 6.45) is 7.56. The van der Waals surface area contributed by atoms with E-state index in [2.05, 4.69) is 18.7 Å². The van der Waals surface area contributed by atoms with Gasteiger partial charge in [0.05, 0.1) is 0 Å². The van der Waals surface area contributed by atoms with Gasteiger partial charge in [0.25, 0.3) is 0 Å². The van der Waals surface area contributed by atoms with E-state index in [4.69, 9.17) is 5.73 Å². The van der Waals surface area contributed by atoms with Gasteiger partial charge in [0, 0.05) is 19.5 Å². The molecule has 0 saturated carbocycles. The SMILES string of the molecule is CC(C)(CCN)CCC(=O)N1CCCCCC1. The van der Waals surface area contributed by atoms with Crippen molar-refractivity contribution in [1.82, 2.24) is 4.90 Å². The molecule has 0 aromatic carbocycles. The molecule has 0 unspecified atom stereocenters. The Labute approximate surface area is 106 Å². The molecule has 1 rings (SSSR count). The number of likely N-dealkylation sites (tertiary alicyclic amines) is 1. The van der Waals surface area contributed by atoms with E-state index in [0.717, 1.165) is 25.9 Å². The Balaban J connectivity index is 2.32. The van der Waals surface area contributed by atoms with E-state index in [1.807, 2.05) is 0 Å². The third-order valence-electron chi connectivity index (χ3n) is 3.80. The number of rotatable bonds is 5. The van der Waals surface area contributed by atoms with Crippen LogP contribution in [0.5, 0.6) is 0 Å². The van der Waals surface area contributed by atoms with Gasteiger partial charge < -0.3 is 10.6 Å². The fourth-order valence-electron chi connectivity index (χ4n) is 2.44. The van der Waals surface area contributed by atoms with Crippen LogP contribution >= 0.6 is 0 Å². The zero-order valence-electron chi connectivity index (χ0n) is 11.5. The topological polar surface area (TPSA) is 46.3 Å². The Hall–Kier alpha value is -0.570. The molecule has 1 aliphatic rings. The second-order valence-corrected chi connectivity index (χ2v) is 6.00. The molecular weight excluding hydrogens is 212 g/mol. The molecule has 100 valence electrons. The van der Waals surface area contributed by atoms with Crippen molar-refractivity contribution in [2.24, 2.45) is 11.1 Å². The van der Waals surface area contributed by atoms with Crippen LogP contribution in [0, 0.1) is 5.41 Å². The zero-order valence-corrected chi connectivity index (χ0v) is 11.5. The molecule has 17 heavy (non-hydrogen) atoms. The molecule has 1 heterocycles. The standard InChI is InChI=1S/C14H28N2O/c1-14(2,9-10-15)8-7-13(17)16-11-5-3-4-6-12-16/h3-12,15H2,1-2H3. The van der Waals surface area contributed by atoms with E-state index < -0.39 is 0 Å². The smallest absolute Gasteiger partial charge is 0.222 e. The number of hydrogen-bond donors (Lipinski definition) is 1. The minimum atomic E-state index is 0.205. The van der Waals surface area contributed by atoms with Crippen LogP contribution in [-0.2, 0) is 4.79 Å². The van der Waals surface area contributed by atoms with Crippen molar-refractivity contribution in [3.63, 3.8) is 0 Å². The van der Waals surface area contributed by atoms with E-state index in [0.29, 0.717) is 18.9 Å². The van der Waals surface area contributed by atoms with Gasteiger partial charge >= 0.3 is 0 Å². The second kappa shape index (κ2) is 7.00. The average molecular weight is 240 g/mol. The van der Waals surface area contributed by atoms with E-state index in [-0.39, 0.29) is 5.41 Å². The van der Waals surface area contributed by atoms with E-state index in [9.17, 15) is 4.79 Å². The number of carbonyl (C=O) groups is 1. The molecule has 0 aliphatic carbocycles. The van der Waals surface area contributed by atoms with Crippen molar-refractivity contribution in [3.8, 4) is 0 Å². The zero-order chi connectivity index (χ0) is 12.7. The first-order valence-electron chi connectivity index (χ1n) is 7.03. The van der Waals surface area contributed by atoms with Gasteiger partial charge in [-0.2, -0.15) is 0 Å². The number of carbonyl (C=O) groups excluding carboxylic acids is 1. The Kier molecular flexibility index (Phi) is 5.96. The quantitative estimate of drug-likeness (QED) is 0.802. The molecule has 0 spiro atoms. The molecule has 1 fully saturated rings. The first-order chi connectivity index (χ1) is 8.05. The lowest BCUT2D eigenvalue weighted by Crippen LogP contribution is -2.32. The molecular formula is C14H28N2O. The minimum absolute atomic E-state index is 0.205. The molecule has 3 heteroatoms. The molecule has 2 N–H and O–H groups in total. The monoisotopic (exact) mass is 240 g/mol. The first-order valence-corrected chi connectivity index (χ1v) is 7.03. The summed E-state index contributed by atoms with van der Waals surface area (Å²) < 4.78 is 0. The van der Waals surface area contributed by atoms with Gasteiger partial charge in [0.2, 0.25) is 5.91 Å². The van der Waals surface area contributed by atoms with Crippen LogP contribution in [-0.4, -0.2) is 30.4 Å². The highest BCUT2D eigenvalue weighted by molar-refractivity contribution is 5.76. The predicted molar refractivity (Wildman–Crippen MR) is 71.7 cm³/mol. The second-order valence-electron chi connectivity index (χ2n) is 6.00. The van der Waals surface area contributed by atoms with Gasteiger partial charge in [0.1, 0.15) is 0 Å². The maximum atomic E-state index is 12.1. The Morgan fingerprint density at radius 1 is 1.12 bits per heavy atom. The van der Waals surface area contributed by atoms with Crippen molar-refractivity contribution >= 4 is 5.91 Å². The fourth-order valence-corrected chi connectivity index (χ4v) is 2.44. The number of nitrogens with two attached hydrogens (primary N) is 1. The summed E-state index contributed by atoms with van der Waals surface area (Å²) >= 11 is 0. The van der Waals surface area contributed by atoms with Crippen molar-refractivity contribution < 1.29 is 4.79 Å². The fraction of sp³-hybridized carbons (Fsp3) is 0.929. The van der Waals surface area contributed by atoms with Crippen LogP contribution < -0.4 is 5.73 Å². The van der Waals surface area contributed by atoms with Crippen molar-refractivity contribution in [3.05, 3.63) is 0 Å². The minimum Gasteiger partial charge on any atom is -0.343 e.